The van der Waals surface area contributed by atoms with Crippen LogP contribution in [0.25, 0.3) is 10.9 Å². The Hall–Kier alpha value is -2.93. The van der Waals surface area contributed by atoms with Crippen molar-refractivity contribution >= 4 is 32.4 Å². The summed E-state index contributed by atoms with van der Waals surface area (Å²) in [6, 6.07) is 14.3. The zero-order chi connectivity index (χ0) is 22.0. The monoisotopic (exact) mass is 438 g/mol. The molecule has 7 heteroatoms. The van der Waals surface area contributed by atoms with Gasteiger partial charge in [-0.25, -0.2) is 8.42 Å². The Morgan fingerprint density at radius 2 is 1.84 bits per heavy atom. The standard InChI is InChI=1S/C24H26N2O4S/c1-3-30-24(27)18-11-13-26(14-12-18)23-20-15-17(2)9-10-21(20)25-16-22(23)31(28,29)19-7-5-4-6-8-19/h4-10,15-16,18H,3,11-14H2,1-2H3. The second kappa shape index (κ2) is 8.67. The second-order valence-electron chi connectivity index (χ2n) is 7.82. The highest BCUT2D eigenvalue weighted by Gasteiger charge is 2.31. The molecule has 31 heavy (non-hydrogen) atoms. The van der Waals surface area contributed by atoms with Gasteiger partial charge in [-0.1, -0.05) is 29.8 Å². The normalized spacial score (nSPS) is 15.2. The van der Waals surface area contributed by atoms with Crippen molar-refractivity contribution in [2.45, 2.75) is 36.5 Å². The summed E-state index contributed by atoms with van der Waals surface area (Å²) in [5, 5.41) is 0.812. The predicted molar refractivity (Wildman–Crippen MR) is 120 cm³/mol. The van der Waals surface area contributed by atoms with Crippen molar-refractivity contribution in [3.8, 4) is 0 Å². The molecule has 2 heterocycles. The van der Waals surface area contributed by atoms with E-state index >= 15 is 0 Å². The number of anilines is 1. The Bertz CT molecular complexity index is 1200. The van der Waals surface area contributed by atoms with Crippen LogP contribution in [0.5, 0.6) is 0 Å². The van der Waals surface area contributed by atoms with Gasteiger partial charge in [0.1, 0.15) is 4.90 Å². The van der Waals surface area contributed by atoms with E-state index in [0.29, 0.717) is 38.2 Å². The first-order valence-corrected chi connectivity index (χ1v) is 12.0. The summed E-state index contributed by atoms with van der Waals surface area (Å²) in [5.74, 6) is -0.324. The van der Waals surface area contributed by atoms with Gasteiger partial charge in [-0.15, -0.1) is 0 Å². The van der Waals surface area contributed by atoms with Crippen molar-refractivity contribution in [3.63, 3.8) is 0 Å². The van der Waals surface area contributed by atoms with Crippen LogP contribution in [-0.2, 0) is 19.4 Å². The first-order valence-electron chi connectivity index (χ1n) is 10.5. The third-order valence-electron chi connectivity index (χ3n) is 5.74. The summed E-state index contributed by atoms with van der Waals surface area (Å²) in [5.41, 5.74) is 2.45. The molecule has 1 aliphatic heterocycles. The highest BCUT2D eigenvalue weighted by atomic mass is 32.2. The number of hydrogen-bond acceptors (Lipinski definition) is 6. The Morgan fingerprint density at radius 1 is 1.13 bits per heavy atom. The van der Waals surface area contributed by atoms with Gasteiger partial charge < -0.3 is 9.64 Å². The first kappa shape index (κ1) is 21.3. The molecule has 0 bridgehead atoms. The molecule has 1 fully saturated rings. The van der Waals surface area contributed by atoms with E-state index in [-0.39, 0.29) is 21.7 Å². The smallest absolute Gasteiger partial charge is 0.309 e. The minimum atomic E-state index is -3.76. The Labute approximate surface area is 182 Å². The summed E-state index contributed by atoms with van der Waals surface area (Å²) in [6.45, 7) is 5.31. The molecular formula is C24H26N2O4S. The number of fused-ring (bicyclic) bond motifs is 1. The van der Waals surface area contributed by atoms with Crippen LogP contribution < -0.4 is 4.90 Å². The maximum atomic E-state index is 13.5. The van der Waals surface area contributed by atoms with Crippen LogP contribution in [0.15, 0.2) is 64.5 Å². The molecule has 162 valence electrons. The molecule has 1 aromatic heterocycles. The van der Waals surface area contributed by atoms with E-state index in [1.165, 1.54) is 6.20 Å². The number of piperidine rings is 1. The van der Waals surface area contributed by atoms with Gasteiger partial charge in [-0.2, -0.15) is 0 Å². The molecule has 0 aliphatic carbocycles. The predicted octanol–water partition coefficient (Wildman–Crippen LogP) is 4.16. The van der Waals surface area contributed by atoms with Crippen LogP contribution in [0.1, 0.15) is 25.3 Å². The van der Waals surface area contributed by atoms with E-state index in [9.17, 15) is 13.2 Å². The molecule has 0 N–H and O–H groups in total. The molecule has 1 aliphatic rings. The van der Waals surface area contributed by atoms with Gasteiger partial charge in [0.05, 0.1) is 28.6 Å². The van der Waals surface area contributed by atoms with Gasteiger partial charge in [0.15, 0.2) is 0 Å². The SMILES string of the molecule is CCOC(=O)C1CCN(c2c(S(=O)(=O)c3ccccc3)cnc3ccc(C)cc23)CC1. The minimum Gasteiger partial charge on any atom is -0.466 e. The molecule has 0 saturated carbocycles. The van der Waals surface area contributed by atoms with Crippen molar-refractivity contribution in [2.24, 2.45) is 5.92 Å². The molecule has 0 atom stereocenters. The van der Waals surface area contributed by atoms with Crippen molar-refractivity contribution in [1.29, 1.82) is 0 Å². The third kappa shape index (κ3) is 4.14. The lowest BCUT2D eigenvalue weighted by atomic mass is 9.96. The number of aryl methyl sites for hydroxylation is 1. The maximum Gasteiger partial charge on any atom is 0.309 e. The van der Waals surface area contributed by atoms with E-state index in [4.69, 9.17) is 4.74 Å². The third-order valence-corrected chi connectivity index (χ3v) is 7.51. The van der Waals surface area contributed by atoms with Crippen LogP contribution in [0.3, 0.4) is 0 Å². The first-order chi connectivity index (χ1) is 14.9. The van der Waals surface area contributed by atoms with E-state index in [0.717, 1.165) is 16.5 Å². The minimum absolute atomic E-state index is 0.153. The van der Waals surface area contributed by atoms with Gasteiger partial charge >= 0.3 is 5.97 Å². The lowest BCUT2D eigenvalue weighted by molar-refractivity contribution is -0.148. The van der Waals surface area contributed by atoms with Crippen molar-refractivity contribution in [3.05, 3.63) is 60.3 Å². The molecule has 0 spiro atoms. The summed E-state index contributed by atoms with van der Waals surface area (Å²) in [6.07, 6.45) is 2.71. The molecular weight excluding hydrogens is 412 g/mol. The van der Waals surface area contributed by atoms with Gasteiger partial charge in [-0.05, 0) is 51.0 Å². The summed E-state index contributed by atoms with van der Waals surface area (Å²) < 4.78 is 32.3. The Kier molecular flexibility index (Phi) is 5.96. The number of aromatic nitrogens is 1. The largest absolute Gasteiger partial charge is 0.466 e. The highest BCUT2D eigenvalue weighted by molar-refractivity contribution is 7.91. The fraction of sp³-hybridized carbons (Fsp3) is 0.333. The summed E-state index contributed by atoms with van der Waals surface area (Å²) in [7, 11) is -3.76. The van der Waals surface area contributed by atoms with Gasteiger partial charge in [0.2, 0.25) is 9.84 Å². The second-order valence-corrected chi connectivity index (χ2v) is 9.74. The Morgan fingerprint density at radius 3 is 2.52 bits per heavy atom. The number of sulfone groups is 1. The van der Waals surface area contributed by atoms with Crippen LogP contribution in [-0.4, -0.2) is 39.1 Å². The number of carbonyl (C=O) groups is 1. The van der Waals surface area contributed by atoms with E-state index in [1.807, 2.05) is 25.1 Å². The number of rotatable bonds is 5. The van der Waals surface area contributed by atoms with Crippen LogP contribution >= 0.6 is 0 Å². The molecule has 0 unspecified atom stereocenters. The maximum absolute atomic E-state index is 13.5. The van der Waals surface area contributed by atoms with Crippen LogP contribution in [0.4, 0.5) is 5.69 Å². The molecule has 0 radical (unpaired) electrons. The Balaban J connectivity index is 1.81. The average molecular weight is 439 g/mol. The zero-order valence-corrected chi connectivity index (χ0v) is 18.6. The quantitative estimate of drug-likeness (QED) is 0.557. The number of esters is 1. The molecule has 4 rings (SSSR count). The zero-order valence-electron chi connectivity index (χ0n) is 17.7. The molecule has 3 aromatic rings. The number of carbonyl (C=O) groups excluding carboxylic acids is 1. The van der Waals surface area contributed by atoms with Gasteiger partial charge in [0.25, 0.3) is 0 Å². The summed E-state index contributed by atoms with van der Waals surface area (Å²) >= 11 is 0. The fourth-order valence-corrected chi connectivity index (χ4v) is 5.58. The lowest BCUT2D eigenvalue weighted by Gasteiger charge is -2.34. The average Bonchev–Trinajstić information content (AvgIpc) is 2.79. The highest BCUT2D eigenvalue weighted by Crippen LogP contribution is 2.38. The van der Waals surface area contributed by atoms with Gasteiger partial charge in [-0.3, -0.25) is 9.78 Å². The molecule has 6 nitrogen and oxygen atoms in total. The van der Waals surface area contributed by atoms with Crippen molar-refractivity contribution < 1.29 is 17.9 Å². The number of nitrogens with zero attached hydrogens (tertiary/aromatic N) is 2. The lowest BCUT2D eigenvalue weighted by Crippen LogP contribution is -2.37. The fourth-order valence-electron chi connectivity index (χ4n) is 4.12. The van der Waals surface area contributed by atoms with Crippen molar-refractivity contribution in [2.75, 3.05) is 24.6 Å². The molecule has 0 amide bonds. The number of hydrogen-bond donors (Lipinski definition) is 0. The number of benzene rings is 2. The van der Waals surface area contributed by atoms with Crippen molar-refractivity contribution in [1.82, 2.24) is 4.98 Å². The number of pyridine rings is 1. The topological polar surface area (TPSA) is 76.6 Å². The van der Waals surface area contributed by atoms with Crippen LogP contribution in [0, 0.1) is 12.8 Å². The van der Waals surface area contributed by atoms with E-state index in [1.54, 1.807) is 37.3 Å². The van der Waals surface area contributed by atoms with E-state index in [2.05, 4.69) is 9.88 Å². The summed E-state index contributed by atoms with van der Waals surface area (Å²) in [4.78, 5) is 19.1. The molecule has 1 saturated heterocycles. The van der Waals surface area contributed by atoms with Crippen LogP contribution in [0.2, 0.25) is 0 Å². The molecule has 2 aromatic carbocycles. The number of ether oxygens (including phenoxy) is 1. The van der Waals surface area contributed by atoms with E-state index < -0.39 is 9.84 Å². The van der Waals surface area contributed by atoms with Gasteiger partial charge in [0, 0.05) is 24.7 Å².